The van der Waals surface area contributed by atoms with Crippen LogP contribution in [0.4, 0.5) is 0 Å². The maximum Gasteiger partial charge on any atom is 0.234 e. The lowest BCUT2D eigenvalue weighted by Crippen LogP contribution is -2.15. The van der Waals surface area contributed by atoms with Crippen molar-refractivity contribution in [1.29, 1.82) is 5.26 Å². The number of fused-ring (bicyclic) bond motifs is 1. The van der Waals surface area contributed by atoms with Crippen molar-refractivity contribution >= 4 is 11.0 Å². The number of hydrogen-bond acceptors (Lipinski definition) is 4. The standard InChI is InChI=1S/C22H24N4O/c1-15-12-17(8-9-19(15)27-14-16-6-4-3-5-7-16)21-18-10-11-26(2)22(18)25-20(13-23)24-21/h8-12,16H,3-7,14H2,1-2H3. The average Bonchev–Trinajstić information content (AvgIpc) is 3.08. The van der Waals surface area contributed by atoms with Crippen LogP contribution in [0.3, 0.4) is 0 Å². The largest absolute Gasteiger partial charge is 0.493 e. The quantitative estimate of drug-likeness (QED) is 0.672. The van der Waals surface area contributed by atoms with Crippen molar-refractivity contribution in [3.8, 4) is 23.1 Å². The number of ether oxygens (including phenoxy) is 1. The van der Waals surface area contributed by atoms with Gasteiger partial charge in [0.2, 0.25) is 5.82 Å². The molecule has 5 heteroatoms. The molecule has 27 heavy (non-hydrogen) atoms. The molecule has 5 nitrogen and oxygen atoms in total. The minimum absolute atomic E-state index is 0.189. The van der Waals surface area contributed by atoms with Crippen molar-refractivity contribution in [3.63, 3.8) is 0 Å². The lowest BCUT2D eigenvalue weighted by Gasteiger charge is -2.22. The average molecular weight is 360 g/mol. The van der Waals surface area contributed by atoms with E-state index in [1.54, 1.807) is 0 Å². The Morgan fingerprint density at radius 2 is 2.00 bits per heavy atom. The van der Waals surface area contributed by atoms with Crippen molar-refractivity contribution in [2.24, 2.45) is 13.0 Å². The van der Waals surface area contributed by atoms with Crippen LogP contribution in [-0.2, 0) is 7.05 Å². The smallest absolute Gasteiger partial charge is 0.234 e. The lowest BCUT2D eigenvalue weighted by atomic mass is 9.90. The predicted molar refractivity (Wildman–Crippen MR) is 105 cm³/mol. The molecule has 0 spiro atoms. The minimum atomic E-state index is 0.189. The predicted octanol–water partition coefficient (Wildman–Crippen LogP) is 4.77. The van der Waals surface area contributed by atoms with Crippen LogP contribution in [0.1, 0.15) is 43.5 Å². The highest BCUT2D eigenvalue weighted by atomic mass is 16.5. The molecule has 0 unspecified atom stereocenters. The first-order valence-corrected chi connectivity index (χ1v) is 9.62. The van der Waals surface area contributed by atoms with Crippen LogP contribution in [-0.4, -0.2) is 21.1 Å². The maximum absolute atomic E-state index is 9.29. The molecular formula is C22H24N4O. The molecule has 1 saturated carbocycles. The van der Waals surface area contributed by atoms with E-state index in [1.807, 2.05) is 36.0 Å². The van der Waals surface area contributed by atoms with Gasteiger partial charge in [-0.1, -0.05) is 19.3 Å². The fraction of sp³-hybridized carbons (Fsp3) is 0.409. The van der Waals surface area contributed by atoms with Crippen LogP contribution in [0.25, 0.3) is 22.3 Å². The molecule has 0 radical (unpaired) electrons. The topological polar surface area (TPSA) is 63.7 Å². The van der Waals surface area contributed by atoms with Gasteiger partial charge in [-0.15, -0.1) is 0 Å². The summed E-state index contributed by atoms with van der Waals surface area (Å²) in [5.41, 5.74) is 3.63. The van der Waals surface area contributed by atoms with Gasteiger partial charge in [-0.3, -0.25) is 0 Å². The van der Waals surface area contributed by atoms with Gasteiger partial charge in [0, 0.05) is 24.2 Å². The summed E-state index contributed by atoms with van der Waals surface area (Å²) in [5.74, 6) is 1.81. The fourth-order valence-corrected chi connectivity index (χ4v) is 3.93. The number of benzene rings is 1. The van der Waals surface area contributed by atoms with Crippen LogP contribution in [0.15, 0.2) is 30.5 Å². The lowest BCUT2D eigenvalue weighted by molar-refractivity contribution is 0.208. The summed E-state index contributed by atoms with van der Waals surface area (Å²) in [6.45, 7) is 2.86. The highest BCUT2D eigenvalue weighted by Gasteiger charge is 2.16. The van der Waals surface area contributed by atoms with E-state index in [-0.39, 0.29) is 5.82 Å². The molecule has 0 bridgehead atoms. The third-order valence-electron chi connectivity index (χ3n) is 5.47. The van der Waals surface area contributed by atoms with Crippen molar-refractivity contribution in [1.82, 2.24) is 14.5 Å². The molecule has 1 aliphatic rings. The van der Waals surface area contributed by atoms with Gasteiger partial charge in [0.25, 0.3) is 0 Å². The van der Waals surface area contributed by atoms with Gasteiger partial charge in [-0.05, 0) is 55.5 Å². The summed E-state index contributed by atoms with van der Waals surface area (Å²) in [5, 5.41) is 10.2. The third kappa shape index (κ3) is 3.52. The Hall–Kier alpha value is -2.87. The Balaban J connectivity index is 1.62. The monoisotopic (exact) mass is 360 g/mol. The van der Waals surface area contributed by atoms with E-state index in [0.717, 1.165) is 40.2 Å². The highest BCUT2D eigenvalue weighted by Crippen LogP contribution is 2.31. The molecule has 0 atom stereocenters. The molecule has 138 valence electrons. The molecule has 1 aliphatic carbocycles. The van der Waals surface area contributed by atoms with Crippen molar-refractivity contribution in [3.05, 3.63) is 41.9 Å². The summed E-state index contributed by atoms with van der Waals surface area (Å²) < 4.78 is 8.03. The zero-order valence-corrected chi connectivity index (χ0v) is 15.9. The maximum atomic E-state index is 9.29. The number of nitriles is 1. The number of rotatable bonds is 4. The Kier molecular flexibility index (Phi) is 4.81. The molecule has 1 aromatic carbocycles. The molecule has 0 amide bonds. The van der Waals surface area contributed by atoms with Gasteiger partial charge < -0.3 is 9.30 Å². The zero-order valence-electron chi connectivity index (χ0n) is 15.9. The van der Waals surface area contributed by atoms with E-state index in [1.165, 1.54) is 32.1 Å². The normalized spacial score (nSPS) is 15.0. The molecule has 3 aromatic rings. The Labute approximate surface area is 159 Å². The summed E-state index contributed by atoms with van der Waals surface area (Å²) in [4.78, 5) is 8.79. The van der Waals surface area contributed by atoms with E-state index in [4.69, 9.17) is 4.74 Å². The SMILES string of the molecule is Cc1cc(-c2nc(C#N)nc3c2ccn3C)ccc1OCC1CCCCC1. The van der Waals surface area contributed by atoms with E-state index in [2.05, 4.69) is 29.0 Å². The second kappa shape index (κ2) is 7.40. The highest BCUT2D eigenvalue weighted by molar-refractivity contribution is 5.91. The first kappa shape index (κ1) is 17.5. The summed E-state index contributed by atoms with van der Waals surface area (Å²) >= 11 is 0. The number of nitrogens with zero attached hydrogens (tertiary/aromatic N) is 4. The molecule has 2 aromatic heterocycles. The van der Waals surface area contributed by atoms with E-state index < -0.39 is 0 Å². The first-order valence-electron chi connectivity index (χ1n) is 9.62. The number of aryl methyl sites for hydroxylation is 2. The van der Waals surface area contributed by atoms with Gasteiger partial charge in [0.05, 0.1) is 12.3 Å². The number of aromatic nitrogens is 3. The van der Waals surface area contributed by atoms with Crippen molar-refractivity contribution in [2.45, 2.75) is 39.0 Å². The van der Waals surface area contributed by atoms with Gasteiger partial charge in [-0.2, -0.15) is 5.26 Å². The Morgan fingerprint density at radius 3 is 2.74 bits per heavy atom. The van der Waals surface area contributed by atoms with Gasteiger partial charge in [-0.25, -0.2) is 9.97 Å². The minimum Gasteiger partial charge on any atom is -0.493 e. The van der Waals surface area contributed by atoms with Gasteiger partial charge in [0.15, 0.2) is 0 Å². The Morgan fingerprint density at radius 1 is 1.19 bits per heavy atom. The van der Waals surface area contributed by atoms with E-state index in [0.29, 0.717) is 5.92 Å². The molecule has 0 saturated heterocycles. The first-order chi connectivity index (χ1) is 13.2. The van der Waals surface area contributed by atoms with Crippen LogP contribution < -0.4 is 4.74 Å². The molecule has 0 N–H and O–H groups in total. The molecule has 2 heterocycles. The van der Waals surface area contributed by atoms with E-state index >= 15 is 0 Å². The molecule has 1 fully saturated rings. The van der Waals surface area contributed by atoms with Crippen LogP contribution in [0, 0.1) is 24.2 Å². The summed E-state index contributed by atoms with van der Waals surface area (Å²) in [6.07, 6.45) is 8.52. The van der Waals surface area contributed by atoms with Crippen molar-refractivity contribution < 1.29 is 4.74 Å². The second-order valence-corrected chi connectivity index (χ2v) is 7.47. The van der Waals surface area contributed by atoms with Crippen LogP contribution in [0.2, 0.25) is 0 Å². The van der Waals surface area contributed by atoms with Gasteiger partial charge in [0.1, 0.15) is 17.5 Å². The fourth-order valence-electron chi connectivity index (χ4n) is 3.93. The summed E-state index contributed by atoms with van der Waals surface area (Å²) in [6, 6.07) is 10.2. The summed E-state index contributed by atoms with van der Waals surface area (Å²) in [7, 11) is 1.92. The van der Waals surface area contributed by atoms with Crippen LogP contribution in [0.5, 0.6) is 5.75 Å². The molecule has 4 rings (SSSR count). The Bertz CT molecular complexity index is 1010. The van der Waals surface area contributed by atoms with E-state index in [9.17, 15) is 5.26 Å². The van der Waals surface area contributed by atoms with Gasteiger partial charge >= 0.3 is 0 Å². The second-order valence-electron chi connectivity index (χ2n) is 7.47. The molecule has 0 aliphatic heterocycles. The van der Waals surface area contributed by atoms with Crippen LogP contribution >= 0.6 is 0 Å². The molecular weight excluding hydrogens is 336 g/mol. The third-order valence-corrected chi connectivity index (χ3v) is 5.47. The zero-order chi connectivity index (χ0) is 18.8. The van der Waals surface area contributed by atoms with Crippen molar-refractivity contribution in [2.75, 3.05) is 6.61 Å². The number of hydrogen-bond donors (Lipinski definition) is 0.